The van der Waals surface area contributed by atoms with Crippen LogP contribution in [-0.4, -0.2) is 30.0 Å². The predicted octanol–water partition coefficient (Wildman–Crippen LogP) is 1.47. The van der Waals surface area contributed by atoms with Crippen molar-refractivity contribution in [2.45, 2.75) is 33.2 Å². The fraction of sp³-hybridized carbons (Fsp3) is 0.688. The summed E-state index contributed by atoms with van der Waals surface area (Å²) in [6.07, 6.45) is 1.56. The fourth-order valence-corrected chi connectivity index (χ4v) is 5.58. The first-order chi connectivity index (χ1) is 10.5. The summed E-state index contributed by atoms with van der Waals surface area (Å²) in [6, 6.07) is 0. The van der Waals surface area contributed by atoms with Crippen LogP contribution in [0.5, 0.6) is 0 Å². The average molecular weight is 320 g/mol. The standard InChI is InChI=1S/C16H20N2O3S/c1-8-9(2)22-15(18(8)4-5-21-3)17-14(20)16-7-10-6-11(19)13(16)12(10)16/h10,12-13H,4-7H2,1-3H3/t10-,12?,13-,16-/m0/s1. The largest absolute Gasteiger partial charge is 0.383 e. The molecule has 118 valence electrons. The third-order valence-corrected chi connectivity index (χ3v) is 6.92. The summed E-state index contributed by atoms with van der Waals surface area (Å²) in [5.41, 5.74) is 0.717. The highest BCUT2D eigenvalue weighted by atomic mass is 32.1. The Morgan fingerprint density at radius 1 is 1.50 bits per heavy atom. The summed E-state index contributed by atoms with van der Waals surface area (Å²) < 4.78 is 7.19. The van der Waals surface area contributed by atoms with Gasteiger partial charge in [0.2, 0.25) is 0 Å². The molecule has 1 amide bonds. The number of ether oxygens (including phenoxy) is 1. The van der Waals surface area contributed by atoms with Crippen LogP contribution >= 0.6 is 11.3 Å². The number of fused-ring (bicyclic) bond motifs is 1. The van der Waals surface area contributed by atoms with Crippen LogP contribution in [0.15, 0.2) is 4.99 Å². The lowest BCUT2D eigenvalue weighted by Gasteiger charge is -2.32. The highest BCUT2D eigenvalue weighted by Crippen LogP contribution is 2.80. The van der Waals surface area contributed by atoms with Crippen molar-refractivity contribution in [2.75, 3.05) is 13.7 Å². The molecular formula is C16H20N2O3S. The Labute approximate surface area is 133 Å². The van der Waals surface area contributed by atoms with Crippen LogP contribution in [0.3, 0.4) is 0 Å². The predicted molar refractivity (Wildman–Crippen MR) is 81.4 cm³/mol. The van der Waals surface area contributed by atoms with Gasteiger partial charge in [-0.05, 0) is 32.1 Å². The molecule has 0 radical (unpaired) electrons. The van der Waals surface area contributed by atoms with E-state index in [0.717, 1.165) is 16.9 Å². The Balaban J connectivity index is 1.65. The number of Topliss-reactive ketones (excluding diaryl/α,β-unsaturated/α-hetero) is 1. The molecule has 0 aliphatic heterocycles. The summed E-state index contributed by atoms with van der Waals surface area (Å²) in [6.45, 7) is 5.37. The SMILES string of the molecule is COCCn1c(C)c(C)sc1=NC(=O)[C@]12C[C@@H]3CC(=O)[C@H]1C32. The second kappa shape index (κ2) is 4.61. The third-order valence-electron chi connectivity index (χ3n) is 5.82. The molecule has 1 heterocycles. The number of aryl methyl sites for hydroxylation is 1. The Bertz CT molecular complexity index is 747. The van der Waals surface area contributed by atoms with Gasteiger partial charge in [-0.2, -0.15) is 4.99 Å². The van der Waals surface area contributed by atoms with Crippen molar-refractivity contribution in [3.05, 3.63) is 15.4 Å². The van der Waals surface area contributed by atoms with Gasteiger partial charge in [0.25, 0.3) is 5.91 Å². The number of thiazole rings is 1. The molecule has 3 aliphatic rings. The summed E-state index contributed by atoms with van der Waals surface area (Å²) in [5.74, 6) is 0.980. The van der Waals surface area contributed by atoms with Gasteiger partial charge in [-0.15, -0.1) is 11.3 Å². The topological polar surface area (TPSA) is 60.7 Å². The number of ketones is 1. The summed E-state index contributed by atoms with van der Waals surface area (Å²) in [4.78, 5) is 30.9. The summed E-state index contributed by atoms with van der Waals surface area (Å²) in [7, 11) is 1.67. The average Bonchev–Trinajstić information content (AvgIpc) is 2.78. The van der Waals surface area contributed by atoms with E-state index in [4.69, 9.17) is 4.74 Å². The lowest BCUT2D eigenvalue weighted by Crippen LogP contribution is -2.37. The second-order valence-corrected chi connectivity index (χ2v) is 7.95. The van der Waals surface area contributed by atoms with Crippen molar-refractivity contribution in [3.63, 3.8) is 0 Å². The van der Waals surface area contributed by atoms with Gasteiger partial charge < -0.3 is 9.30 Å². The molecule has 1 aromatic heterocycles. The molecular weight excluding hydrogens is 300 g/mol. The Kier molecular flexibility index (Phi) is 3.01. The molecule has 0 saturated heterocycles. The van der Waals surface area contributed by atoms with Gasteiger partial charge in [0.15, 0.2) is 4.80 Å². The van der Waals surface area contributed by atoms with Crippen molar-refractivity contribution < 1.29 is 14.3 Å². The lowest BCUT2D eigenvalue weighted by molar-refractivity contribution is -0.134. The first-order valence-corrected chi connectivity index (χ1v) is 8.60. The van der Waals surface area contributed by atoms with Crippen molar-refractivity contribution in [3.8, 4) is 0 Å². The summed E-state index contributed by atoms with van der Waals surface area (Å²) >= 11 is 1.54. The minimum absolute atomic E-state index is 0.0108. The molecule has 22 heavy (non-hydrogen) atoms. The quantitative estimate of drug-likeness (QED) is 0.844. The van der Waals surface area contributed by atoms with E-state index in [0.29, 0.717) is 31.4 Å². The van der Waals surface area contributed by atoms with Crippen LogP contribution in [-0.2, 0) is 20.9 Å². The molecule has 5 nitrogen and oxygen atoms in total. The van der Waals surface area contributed by atoms with Gasteiger partial charge in [-0.1, -0.05) is 0 Å². The number of carbonyl (C=O) groups excluding carboxylic acids is 2. The molecule has 1 aromatic rings. The van der Waals surface area contributed by atoms with E-state index in [-0.39, 0.29) is 17.6 Å². The highest BCUT2D eigenvalue weighted by molar-refractivity contribution is 7.09. The van der Waals surface area contributed by atoms with Crippen LogP contribution < -0.4 is 4.80 Å². The Hall–Kier alpha value is -1.27. The van der Waals surface area contributed by atoms with Crippen molar-refractivity contribution in [1.82, 2.24) is 4.57 Å². The molecule has 3 aliphatic carbocycles. The van der Waals surface area contributed by atoms with E-state index in [1.165, 1.54) is 4.88 Å². The van der Waals surface area contributed by atoms with E-state index in [1.807, 2.05) is 18.4 Å². The maximum absolute atomic E-state index is 12.7. The number of hydrogen-bond donors (Lipinski definition) is 0. The fourth-order valence-electron chi connectivity index (χ4n) is 4.58. The van der Waals surface area contributed by atoms with Crippen molar-refractivity contribution in [2.24, 2.45) is 28.2 Å². The number of rotatable bonds is 4. The molecule has 0 bridgehead atoms. The van der Waals surface area contributed by atoms with Gasteiger partial charge in [0.1, 0.15) is 5.78 Å². The van der Waals surface area contributed by atoms with Crippen molar-refractivity contribution >= 4 is 23.0 Å². The van der Waals surface area contributed by atoms with Gasteiger partial charge in [-0.25, -0.2) is 0 Å². The number of nitrogens with zero attached hydrogens (tertiary/aromatic N) is 2. The molecule has 0 spiro atoms. The van der Waals surface area contributed by atoms with Crippen LogP contribution in [0.1, 0.15) is 23.4 Å². The van der Waals surface area contributed by atoms with Crippen LogP contribution in [0.25, 0.3) is 0 Å². The van der Waals surface area contributed by atoms with E-state index < -0.39 is 5.41 Å². The van der Waals surface area contributed by atoms with Gasteiger partial charge in [-0.3, -0.25) is 9.59 Å². The van der Waals surface area contributed by atoms with Crippen LogP contribution in [0, 0.1) is 37.0 Å². The molecule has 6 heteroatoms. The summed E-state index contributed by atoms with van der Waals surface area (Å²) in [5, 5.41) is 0. The maximum atomic E-state index is 12.7. The molecule has 4 atom stereocenters. The Morgan fingerprint density at radius 2 is 2.27 bits per heavy atom. The van der Waals surface area contributed by atoms with E-state index >= 15 is 0 Å². The van der Waals surface area contributed by atoms with Gasteiger partial charge >= 0.3 is 0 Å². The minimum Gasteiger partial charge on any atom is -0.383 e. The normalized spacial score (nSPS) is 35.5. The van der Waals surface area contributed by atoms with Gasteiger partial charge in [0, 0.05) is 36.6 Å². The number of methoxy groups -OCH3 is 1. The molecule has 0 aromatic carbocycles. The molecule has 3 saturated carbocycles. The zero-order valence-corrected chi connectivity index (χ0v) is 13.9. The van der Waals surface area contributed by atoms with Crippen molar-refractivity contribution in [1.29, 1.82) is 0 Å². The molecule has 3 fully saturated rings. The minimum atomic E-state index is -0.412. The van der Waals surface area contributed by atoms with E-state index in [1.54, 1.807) is 18.4 Å². The number of hydrogen-bond acceptors (Lipinski definition) is 4. The van der Waals surface area contributed by atoms with E-state index in [2.05, 4.69) is 4.99 Å². The molecule has 0 N–H and O–H groups in total. The Morgan fingerprint density at radius 3 is 2.91 bits per heavy atom. The monoisotopic (exact) mass is 320 g/mol. The smallest absolute Gasteiger partial charge is 0.255 e. The lowest BCUT2D eigenvalue weighted by atomic mass is 9.70. The second-order valence-electron chi connectivity index (χ2n) is 6.77. The first-order valence-electron chi connectivity index (χ1n) is 7.78. The number of aromatic nitrogens is 1. The zero-order valence-electron chi connectivity index (χ0n) is 13.1. The van der Waals surface area contributed by atoms with Gasteiger partial charge in [0.05, 0.1) is 12.0 Å². The maximum Gasteiger partial charge on any atom is 0.255 e. The number of amides is 1. The van der Waals surface area contributed by atoms with Crippen LogP contribution in [0.2, 0.25) is 0 Å². The first kappa shape index (κ1) is 14.3. The molecule has 4 rings (SSSR count). The molecule has 1 unspecified atom stereocenters. The van der Waals surface area contributed by atoms with Crippen LogP contribution in [0.4, 0.5) is 0 Å². The zero-order chi connectivity index (χ0) is 15.6. The van der Waals surface area contributed by atoms with E-state index in [9.17, 15) is 9.59 Å². The number of carbonyl (C=O) groups is 2. The third kappa shape index (κ3) is 1.65. The highest BCUT2D eigenvalue weighted by Gasteiger charge is 2.84.